The molecule has 0 atom stereocenters. The average Bonchev–Trinajstić information content (AvgIpc) is 3.10. The standard InChI is InChI=1S/C20H11FN4O3/c21-14-5-7-15(8-6-14)25-18(13(10-22)11-23-25)24-19(26)16-9-12-3-1-2-4-17(12)28-20(16)27/h1-9,11H,(H,24,26). The molecule has 4 aromatic rings. The molecule has 0 aliphatic rings. The Kier molecular flexibility index (Phi) is 4.18. The Labute approximate surface area is 157 Å². The molecule has 0 aliphatic heterocycles. The summed E-state index contributed by atoms with van der Waals surface area (Å²) in [6.45, 7) is 0. The van der Waals surface area contributed by atoms with Crippen LogP contribution in [0.1, 0.15) is 15.9 Å². The fraction of sp³-hybridized carbons (Fsp3) is 0. The molecule has 0 unspecified atom stereocenters. The molecule has 0 bridgehead atoms. The van der Waals surface area contributed by atoms with Crippen LogP contribution in [0.5, 0.6) is 0 Å². The largest absolute Gasteiger partial charge is 0.422 e. The second-order valence-corrected chi connectivity index (χ2v) is 5.85. The number of carbonyl (C=O) groups excluding carboxylic acids is 1. The van der Waals surface area contributed by atoms with E-state index < -0.39 is 17.3 Å². The van der Waals surface area contributed by atoms with E-state index in [9.17, 15) is 19.2 Å². The highest BCUT2D eigenvalue weighted by molar-refractivity contribution is 6.05. The van der Waals surface area contributed by atoms with Crippen LogP contribution in [-0.2, 0) is 0 Å². The van der Waals surface area contributed by atoms with Gasteiger partial charge < -0.3 is 9.73 Å². The van der Waals surface area contributed by atoms with Crippen molar-refractivity contribution >= 4 is 22.7 Å². The number of nitriles is 1. The molecule has 1 N–H and O–H groups in total. The Morgan fingerprint density at radius 2 is 1.93 bits per heavy atom. The van der Waals surface area contributed by atoms with Crippen molar-refractivity contribution in [2.75, 3.05) is 5.32 Å². The molecule has 2 heterocycles. The number of amides is 1. The Hall–Kier alpha value is -4.25. The van der Waals surface area contributed by atoms with Gasteiger partial charge in [-0.3, -0.25) is 4.79 Å². The van der Waals surface area contributed by atoms with Gasteiger partial charge in [0.1, 0.15) is 28.6 Å². The maximum atomic E-state index is 13.2. The van der Waals surface area contributed by atoms with Gasteiger partial charge in [-0.25, -0.2) is 13.9 Å². The number of rotatable bonds is 3. The quantitative estimate of drug-likeness (QED) is 0.555. The number of anilines is 1. The molecule has 2 aromatic carbocycles. The molecule has 4 rings (SSSR count). The maximum Gasteiger partial charge on any atom is 0.349 e. The van der Waals surface area contributed by atoms with Crippen LogP contribution in [0.2, 0.25) is 0 Å². The second kappa shape index (κ2) is 6.81. The minimum absolute atomic E-state index is 0.0617. The highest BCUT2D eigenvalue weighted by Gasteiger charge is 2.19. The maximum absolute atomic E-state index is 13.2. The third-order valence-electron chi connectivity index (χ3n) is 4.08. The number of carbonyl (C=O) groups is 1. The van der Waals surface area contributed by atoms with Crippen molar-refractivity contribution in [3.05, 3.63) is 88.2 Å². The number of fused-ring (bicyclic) bond motifs is 1. The monoisotopic (exact) mass is 374 g/mol. The summed E-state index contributed by atoms with van der Waals surface area (Å²) in [5.41, 5.74) is -0.137. The van der Waals surface area contributed by atoms with E-state index in [1.807, 2.05) is 6.07 Å². The smallest absolute Gasteiger partial charge is 0.349 e. The van der Waals surface area contributed by atoms with E-state index in [1.165, 1.54) is 41.2 Å². The molecule has 0 saturated carbocycles. The fourth-order valence-electron chi connectivity index (χ4n) is 2.72. The normalized spacial score (nSPS) is 10.6. The van der Waals surface area contributed by atoms with E-state index in [0.29, 0.717) is 16.7 Å². The molecule has 1 amide bonds. The summed E-state index contributed by atoms with van der Waals surface area (Å²) in [6, 6.07) is 15.5. The lowest BCUT2D eigenvalue weighted by molar-refractivity contribution is 0.102. The first kappa shape index (κ1) is 17.2. The molecule has 0 aliphatic carbocycles. The van der Waals surface area contributed by atoms with Crippen LogP contribution in [0.25, 0.3) is 16.7 Å². The van der Waals surface area contributed by atoms with E-state index >= 15 is 0 Å². The van der Waals surface area contributed by atoms with Crippen molar-refractivity contribution in [1.82, 2.24) is 9.78 Å². The SMILES string of the molecule is N#Cc1cnn(-c2ccc(F)cc2)c1NC(=O)c1cc2ccccc2oc1=O. The van der Waals surface area contributed by atoms with Gasteiger partial charge in [-0.2, -0.15) is 10.4 Å². The minimum atomic E-state index is -0.803. The number of halogens is 1. The van der Waals surface area contributed by atoms with E-state index in [2.05, 4.69) is 10.4 Å². The van der Waals surface area contributed by atoms with E-state index in [1.54, 1.807) is 24.3 Å². The van der Waals surface area contributed by atoms with Gasteiger partial charge in [-0.15, -0.1) is 0 Å². The zero-order valence-electron chi connectivity index (χ0n) is 14.2. The van der Waals surface area contributed by atoms with Crippen molar-refractivity contribution in [2.45, 2.75) is 0 Å². The van der Waals surface area contributed by atoms with Gasteiger partial charge in [0.15, 0.2) is 5.82 Å². The first-order valence-corrected chi connectivity index (χ1v) is 8.15. The van der Waals surface area contributed by atoms with Gasteiger partial charge in [0.2, 0.25) is 0 Å². The number of benzene rings is 2. The highest BCUT2D eigenvalue weighted by Crippen LogP contribution is 2.21. The molecule has 7 nitrogen and oxygen atoms in total. The zero-order valence-corrected chi connectivity index (χ0v) is 14.2. The number of hydrogen-bond acceptors (Lipinski definition) is 5. The molecule has 0 spiro atoms. The Morgan fingerprint density at radius 3 is 2.68 bits per heavy atom. The van der Waals surface area contributed by atoms with Crippen LogP contribution >= 0.6 is 0 Å². The third-order valence-corrected chi connectivity index (χ3v) is 4.08. The van der Waals surface area contributed by atoms with E-state index in [0.717, 1.165) is 0 Å². The van der Waals surface area contributed by atoms with Crippen LogP contribution in [0, 0.1) is 17.1 Å². The van der Waals surface area contributed by atoms with Crippen LogP contribution in [0.15, 0.2) is 70.0 Å². The summed E-state index contributed by atoms with van der Waals surface area (Å²) >= 11 is 0. The summed E-state index contributed by atoms with van der Waals surface area (Å²) in [7, 11) is 0. The summed E-state index contributed by atoms with van der Waals surface area (Å²) in [5.74, 6) is -1.12. The van der Waals surface area contributed by atoms with Crippen LogP contribution in [0.3, 0.4) is 0 Å². The van der Waals surface area contributed by atoms with Crippen molar-refractivity contribution < 1.29 is 13.6 Å². The average molecular weight is 374 g/mol. The summed E-state index contributed by atoms with van der Waals surface area (Å²) in [6.07, 6.45) is 1.27. The van der Waals surface area contributed by atoms with Crippen molar-refractivity contribution in [3.63, 3.8) is 0 Å². The predicted molar refractivity (Wildman–Crippen MR) is 98.7 cm³/mol. The predicted octanol–water partition coefficient (Wildman–Crippen LogP) is 3.24. The Morgan fingerprint density at radius 1 is 1.18 bits per heavy atom. The molecule has 0 saturated heterocycles. The minimum Gasteiger partial charge on any atom is -0.422 e. The van der Waals surface area contributed by atoms with E-state index in [-0.39, 0.29) is 16.9 Å². The number of aromatic nitrogens is 2. The molecule has 28 heavy (non-hydrogen) atoms. The van der Waals surface area contributed by atoms with Gasteiger partial charge in [0.05, 0.1) is 11.9 Å². The molecule has 136 valence electrons. The lowest BCUT2D eigenvalue weighted by Gasteiger charge is -2.09. The molecule has 0 radical (unpaired) electrons. The van der Waals surface area contributed by atoms with Crippen molar-refractivity contribution in [2.24, 2.45) is 0 Å². The Bertz CT molecular complexity index is 1300. The summed E-state index contributed by atoms with van der Waals surface area (Å²) in [5, 5.41) is 16.5. The van der Waals surface area contributed by atoms with Gasteiger partial charge in [-0.05, 0) is 36.4 Å². The lowest BCUT2D eigenvalue weighted by Crippen LogP contribution is -2.22. The Balaban J connectivity index is 1.75. The second-order valence-electron chi connectivity index (χ2n) is 5.85. The van der Waals surface area contributed by atoms with Crippen molar-refractivity contribution in [3.8, 4) is 11.8 Å². The third kappa shape index (κ3) is 3.01. The van der Waals surface area contributed by atoms with Gasteiger partial charge in [0.25, 0.3) is 5.91 Å². The van der Waals surface area contributed by atoms with Gasteiger partial charge in [-0.1, -0.05) is 18.2 Å². The van der Waals surface area contributed by atoms with Gasteiger partial charge >= 0.3 is 5.63 Å². The zero-order chi connectivity index (χ0) is 19.7. The van der Waals surface area contributed by atoms with Crippen LogP contribution < -0.4 is 10.9 Å². The molecular formula is C20H11FN4O3. The van der Waals surface area contributed by atoms with Gasteiger partial charge in [0, 0.05) is 5.39 Å². The van der Waals surface area contributed by atoms with Crippen LogP contribution in [0.4, 0.5) is 10.2 Å². The number of nitrogens with one attached hydrogen (secondary N) is 1. The van der Waals surface area contributed by atoms with E-state index in [4.69, 9.17) is 4.42 Å². The first-order chi connectivity index (χ1) is 13.6. The molecular weight excluding hydrogens is 363 g/mol. The fourth-order valence-corrected chi connectivity index (χ4v) is 2.72. The highest BCUT2D eigenvalue weighted by atomic mass is 19.1. The lowest BCUT2D eigenvalue weighted by atomic mass is 10.2. The number of para-hydroxylation sites is 1. The molecule has 0 fully saturated rings. The van der Waals surface area contributed by atoms with Crippen LogP contribution in [-0.4, -0.2) is 15.7 Å². The number of hydrogen-bond donors (Lipinski definition) is 1. The first-order valence-electron chi connectivity index (χ1n) is 8.15. The molecule has 8 heteroatoms. The number of nitrogens with zero attached hydrogens (tertiary/aromatic N) is 3. The summed E-state index contributed by atoms with van der Waals surface area (Å²) < 4.78 is 19.6. The topological polar surface area (TPSA) is 101 Å². The molecule has 2 aromatic heterocycles. The van der Waals surface area contributed by atoms with Crippen molar-refractivity contribution in [1.29, 1.82) is 5.26 Å². The summed E-state index contributed by atoms with van der Waals surface area (Å²) in [4.78, 5) is 24.9.